The fourth-order valence-corrected chi connectivity index (χ4v) is 5.67. The number of thiophene rings is 1. The Balaban J connectivity index is 1.78. The van der Waals surface area contributed by atoms with Gasteiger partial charge in [-0.05, 0) is 51.4 Å². The van der Waals surface area contributed by atoms with Gasteiger partial charge in [-0.25, -0.2) is 0 Å². The van der Waals surface area contributed by atoms with Crippen molar-refractivity contribution in [1.82, 2.24) is 20.1 Å². The summed E-state index contributed by atoms with van der Waals surface area (Å²) in [5.74, 6) is 2.32. The molecule has 1 saturated carbocycles. The Hall–Kier alpha value is -2.02. The second-order valence-corrected chi connectivity index (χ2v) is 9.61. The van der Waals surface area contributed by atoms with Crippen LogP contribution in [0.25, 0.3) is 5.00 Å². The molecule has 0 unspecified atom stereocenters. The van der Waals surface area contributed by atoms with Crippen LogP contribution in [0.3, 0.4) is 0 Å². The zero-order valence-corrected chi connectivity index (χ0v) is 18.7. The van der Waals surface area contributed by atoms with Gasteiger partial charge in [-0.1, -0.05) is 30.7 Å². The van der Waals surface area contributed by atoms with Crippen LogP contribution < -0.4 is 5.32 Å². The molecule has 5 rings (SSSR count). The van der Waals surface area contributed by atoms with Crippen molar-refractivity contribution in [1.29, 1.82) is 0 Å². The Labute approximate surface area is 179 Å². The van der Waals surface area contributed by atoms with Crippen molar-refractivity contribution < 1.29 is 0 Å². The summed E-state index contributed by atoms with van der Waals surface area (Å²) < 4.78 is 2.25. The standard InChI is InChI=1S/C22H24ClN5S/c1-5-24-11-16-10-22(16)21-27-26-14(4)28(21)20-18(12(2)13(3)29-20)19(25-22)15-6-8-17(23)9-7-15/h6-9,16,24H,5,10-11H2,1-4H3/t16-,22-/m0/s1. The lowest BCUT2D eigenvalue weighted by molar-refractivity contribution is 0.548. The molecule has 1 aromatic carbocycles. The first kappa shape index (κ1) is 19.0. The van der Waals surface area contributed by atoms with Crippen molar-refractivity contribution in [2.24, 2.45) is 10.9 Å². The predicted molar refractivity (Wildman–Crippen MR) is 119 cm³/mol. The molecule has 2 atom stereocenters. The second kappa shape index (κ2) is 6.76. The predicted octanol–water partition coefficient (Wildman–Crippen LogP) is 4.58. The van der Waals surface area contributed by atoms with Crippen LogP contribution in [0.4, 0.5) is 0 Å². The van der Waals surface area contributed by atoms with Gasteiger partial charge in [0.1, 0.15) is 16.4 Å². The number of nitrogens with one attached hydrogen (secondary N) is 1. The Kier molecular flexibility index (Phi) is 4.42. The van der Waals surface area contributed by atoms with Crippen LogP contribution in [0.1, 0.15) is 46.6 Å². The number of aryl methyl sites for hydroxylation is 2. The summed E-state index contributed by atoms with van der Waals surface area (Å²) >= 11 is 7.98. The quantitative estimate of drug-likeness (QED) is 0.665. The monoisotopic (exact) mass is 425 g/mol. The molecule has 0 bridgehead atoms. The largest absolute Gasteiger partial charge is 0.317 e. The lowest BCUT2D eigenvalue weighted by Crippen LogP contribution is -2.22. The maximum absolute atomic E-state index is 6.18. The molecule has 0 radical (unpaired) electrons. The maximum atomic E-state index is 6.18. The highest BCUT2D eigenvalue weighted by molar-refractivity contribution is 7.15. The number of aliphatic imine (C=N–C) groups is 1. The van der Waals surface area contributed by atoms with E-state index >= 15 is 0 Å². The third-order valence-electron chi connectivity index (χ3n) is 6.16. The molecule has 29 heavy (non-hydrogen) atoms. The number of fused-ring (bicyclic) bond motifs is 4. The topological polar surface area (TPSA) is 55.1 Å². The summed E-state index contributed by atoms with van der Waals surface area (Å²) in [5, 5.41) is 14.5. The summed E-state index contributed by atoms with van der Waals surface area (Å²) in [4.78, 5) is 6.74. The molecular formula is C22H24ClN5S. The molecule has 0 amide bonds. The fourth-order valence-electron chi connectivity index (χ4n) is 4.34. The van der Waals surface area contributed by atoms with Gasteiger partial charge in [-0.2, -0.15) is 0 Å². The number of nitrogens with zero attached hydrogens (tertiary/aromatic N) is 4. The summed E-state index contributed by atoms with van der Waals surface area (Å²) in [7, 11) is 0. The van der Waals surface area contributed by atoms with Crippen molar-refractivity contribution in [3.8, 4) is 5.00 Å². The zero-order valence-electron chi connectivity index (χ0n) is 17.1. The fraction of sp³-hybridized carbons (Fsp3) is 0.409. The molecule has 2 aliphatic rings. The number of aromatic nitrogens is 3. The van der Waals surface area contributed by atoms with Crippen LogP contribution in [-0.2, 0) is 5.54 Å². The first-order valence-corrected chi connectivity index (χ1v) is 11.3. The first-order chi connectivity index (χ1) is 14.0. The molecule has 5 nitrogen and oxygen atoms in total. The second-order valence-electron chi connectivity index (χ2n) is 7.97. The minimum absolute atomic E-state index is 0.322. The van der Waals surface area contributed by atoms with Crippen LogP contribution in [-0.4, -0.2) is 33.6 Å². The Morgan fingerprint density at radius 1 is 1.21 bits per heavy atom. The average molecular weight is 426 g/mol. The van der Waals surface area contributed by atoms with E-state index in [1.807, 2.05) is 19.1 Å². The van der Waals surface area contributed by atoms with Gasteiger partial charge < -0.3 is 5.32 Å². The van der Waals surface area contributed by atoms with Gasteiger partial charge in [-0.15, -0.1) is 21.5 Å². The molecule has 7 heteroatoms. The van der Waals surface area contributed by atoms with Gasteiger partial charge in [-0.3, -0.25) is 9.56 Å². The van der Waals surface area contributed by atoms with Crippen LogP contribution in [0.2, 0.25) is 5.02 Å². The third-order valence-corrected chi connectivity index (χ3v) is 7.61. The summed E-state index contributed by atoms with van der Waals surface area (Å²) in [6.07, 6.45) is 0.988. The molecule has 3 aromatic rings. The van der Waals surface area contributed by atoms with Gasteiger partial charge in [0.2, 0.25) is 0 Å². The van der Waals surface area contributed by atoms with Gasteiger partial charge in [0.15, 0.2) is 5.82 Å². The van der Waals surface area contributed by atoms with E-state index in [0.29, 0.717) is 5.92 Å². The normalized spacial score (nSPS) is 22.2. The first-order valence-electron chi connectivity index (χ1n) is 10.1. The molecule has 0 saturated heterocycles. The minimum Gasteiger partial charge on any atom is -0.317 e. The number of hydrogen-bond donors (Lipinski definition) is 1. The highest BCUT2D eigenvalue weighted by atomic mass is 35.5. The van der Waals surface area contributed by atoms with Gasteiger partial charge in [0, 0.05) is 33.5 Å². The van der Waals surface area contributed by atoms with Crippen LogP contribution in [0, 0.1) is 26.7 Å². The van der Waals surface area contributed by atoms with Crippen LogP contribution >= 0.6 is 22.9 Å². The number of hydrogen-bond acceptors (Lipinski definition) is 5. The van der Waals surface area contributed by atoms with E-state index in [2.05, 4.69) is 53.0 Å². The van der Waals surface area contributed by atoms with Crippen molar-refractivity contribution in [2.75, 3.05) is 13.1 Å². The molecular weight excluding hydrogens is 402 g/mol. The minimum atomic E-state index is -0.322. The highest BCUT2D eigenvalue weighted by Gasteiger charge is 2.60. The Bertz CT molecular complexity index is 1130. The van der Waals surface area contributed by atoms with E-state index in [-0.39, 0.29) is 5.54 Å². The zero-order chi connectivity index (χ0) is 20.3. The Morgan fingerprint density at radius 2 is 1.97 bits per heavy atom. The van der Waals surface area contributed by atoms with E-state index < -0.39 is 0 Å². The smallest absolute Gasteiger partial charge is 0.166 e. The van der Waals surface area contributed by atoms with Gasteiger partial charge >= 0.3 is 0 Å². The summed E-state index contributed by atoms with van der Waals surface area (Å²) in [5.41, 5.74) is 4.30. The third kappa shape index (κ3) is 2.80. The van der Waals surface area contributed by atoms with Crippen molar-refractivity contribution >= 4 is 28.6 Å². The van der Waals surface area contributed by atoms with E-state index in [1.165, 1.54) is 21.0 Å². The lowest BCUT2D eigenvalue weighted by atomic mass is 9.99. The van der Waals surface area contributed by atoms with Crippen molar-refractivity contribution in [2.45, 2.75) is 39.7 Å². The SMILES string of the molecule is CCNC[C@@H]1C[C@]12N=C(c1ccc(Cl)cc1)c1c(sc(C)c1C)-n1c(C)nnc12. The number of halogens is 1. The number of rotatable bonds is 4. The molecule has 1 N–H and O–H groups in total. The molecule has 1 fully saturated rings. The maximum Gasteiger partial charge on any atom is 0.166 e. The van der Waals surface area contributed by atoms with Crippen LogP contribution in [0.5, 0.6) is 0 Å². The summed E-state index contributed by atoms with van der Waals surface area (Å²) in [6, 6.07) is 8.04. The van der Waals surface area contributed by atoms with Crippen molar-refractivity contribution in [3.63, 3.8) is 0 Å². The van der Waals surface area contributed by atoms with E-state index in [4.69, 9.17) is 16.6 Å². The highest BCUT2D eigenvalue weighted by Crippen LogP contribution is 2.57. The lowest BCUT2D eigenvalue weighted by Gasteiger charge is -2.13. The number of benzene rings is 1. The van der Waals surface area contributed by atoms with E-state index in [1.54, 1.807) is 11.3 Å². The van der Waals surface area contributed by atoms with E-state index in [0.717, 1.165) is 47.5 Å². The molecule has 3 heterocycles. The van der Waals surface area contributed by atoms with Crippen LogP contribution in [0.15, 0.2) is 29.3 Å². The molecule has 1 aliphatic heterocycles. The molecule has 1 spiro atoms. The van der Waals surface area contributed by atoms with Crippen molar-refractivity contribution in [3.05, 3.63) is 62.5 Å². The van der Waals surface area contributed by atoms with E-state index in [9.17, 15) is 0 Å². The average Bonchev–Trinajstić information content (AvgIpc) is 3.18. The molecule has 1 aliphatic carbocycles. The molecule has 2 aromatic heterocycles. The Morgan fingerprint density at radius 3 is 2.69 bits per heavy atom. The molecule has 150 valence electrons. The van der Waals surface area contributed by atoms with Gasteiger partial charge in [0.25, 0.3) is 0 Å². The summed E-state index contributed by atoms with van der Waals surface area (Å²) in [6.45, 7) is 10.4. The van der Waals surface area contributed by atoms with Gasteiger partial charge in [0.05, 0.1) is 5.71 Å².